The highest BCUT2D eigenvalue weighted by Gasteiger charge is 2.20. The molecule has 1 aromatic heterocycles. The van der Waals surface area contributed by atoms with Crippen molar-refractivity contribution in [2.75, 3.05) is 6.54 Å². The molecule has 1 N–H and O–H groups in total. The van der Waals surface area contributed by atoms with E-state index in [0.717, 1.165) is 29.7 Å². The molecule has 0 radical (unpaired) electrons. The zero-order chi connectivity index (χ0) is 16.1. The third kappa shape index (κ3) is 3.56. The lowest BCUT2D eigenvalue weighted by Gasteiger charge is -2.20. The van der Waals surface area contributed by atoms with Gasteiger partial charge in [0.25, 0.3) is 0 Å². The summed E-state index contributed by atoms with van der Waals surface area (Å²) in [7, 11) is 0. The second kappa shape index (κ2) is 7.32. The van der Waals surface area contributed by atoms with E-state index in [-0.39, 0.29) is 11.8 Å². The molecule has 1 heterocycles. The summed E-state index contributed by atoms with van der Waals surface area (Å²) in [4.78, 5) is 16.9. The normalized spacial score (nSPS) is 15.4. The predicted molar refractivity (Wildman–Crippen MR) is 91.9 cm³/mol. The van der Waals surface area contributed by atoms with E-state index >= 15 is 0 Å². The summed E-state index contributed by atoms with van der Waals surface area (Å²) < 4.78 is 2.06. The number of aromatic nitrogens is 2. The molecule has 23 heavy (non-hydrogen) atoms. The monoisotopic (exact) mass is 309 g/mol. The number of para-hydroxylation sites is 2. The molecular formula is C19H23N3O. The molecule has 1 aliphatic carbocycles. The quantitative estimate of drug-likeness (QED) is 0.863. The van der Waals surface area contributed by atoms with Crippen molar-refractivity contribution in [1.82, 2.24) is 14.9 Å². The summed E-state index contributed by atoms with van der Waals surface area (Å²) >= 11 is 0. The van der Waals surface area contributed by atoms with Gasteiger partial charge in [-0.25, -0.2) is 4.98 Å². The molecular weight excluding hydrogens is 286 g/mol. The van der Waals surface area contributed by atoms with Crippen molar-refractivity contribution in [2.45, 2.75) is 45.1 Å². The summed E-state index contributed by atoms with van der Waals surface area (Å²) in [5, 5.41) is 3.07. The van der Waals surface area contributed by atoms with Crippen LogP contribution in [-0.4, -0.2) is 22.0 Å². The van der Waals surface area contributed by atoms with Crippen LogP contribution >= 0.6 is 0 Å². The number of benzene rings is 1. The molecule has 0 atom stereocenters. The average molecular weight is 309 g/mol. The second-order valence-corrected chi connectivity index (χ2v) is 6.18. The molecule has 1 aliphatic rings. The van der Waals surface area contributed by atoms with E-state index < -0.39 is 0 Å². The first kappa shape index (κ1) is 15.6. The van der Waals surface area contributed by atoms with Gasteiger partial charge in [-0.05, 0) is 25.0 Å². The molecule has 0 bridgehead atoms. The highest BCUT2D eigenvalue weighted by atomic mass is 16.1. The van der Waals surface area contributed by atoms with Crippen LogP contribution in [0.5, 0.6) is 0 Å². The number of nitrogens with one attached hydrogen (secondary N) is 1. The third-order valence-electron chi connectivity index (χ3n) is 4.61. The molecule has 2 aromatic rings. The smallest absolute Gasteiger partial charge is 0.223 e. The van der Waals surface area contributed by atoms with Crippen LogP contribution in [0.3, 0.4) is 0 Å². The fourth-order valence-corrected chi connectivity index (χ4v) is 3.39. The number of carbonyl (C=O) groups is 1. The number of hydrogen-bond acceptors (Lipinski definition) is 2. The largest absolute Gasteiger partial charge is 0.355 e. The van der Waals surface area contributed by atoms with Crippen molar-refractivity contribution in [2.24, 2.45) is 5.92 Å². The van der Waals surface area contributed by atoms with Crippen LogP contribution in [0.25, 0.3) is 11.0 Å². The van der Waals surface area contributed by atoms with Crippen LogP contribution in [0.4, 0.5) is 0 Å². The Bertz CT molecular complexity index is 720. The first-order chi connectivity index (χ1) is 11.3. The van der Waals surface area contributed by atoms with Crippen molar-refractivity contribution in [1.29, 1.82) is 0 Å². The lowest BCUT2D eigenvalue weighted by atomic mass is 9.89. The molecule has 0 saturated heterocycles. The highest BCUT2D eigenvalue weighted by Crippen LogP contribution is 2.23. The van der Waals surface area contributed by atoms with Gasteiger partial charge < -0.3 is 9.88 Å². The molecule has 4 heteroatoms. The van der Waals surface area contributed by atoms with Gasteiger partial charge in [-0.3, -0.25) is 4.79 Å². The number of hydrogen-bond donors (Lipinski definition) is 1. The molecule has 3 rings (SSSR count). The van der Waals surface area contributed by atoms with Crippen molar-refractivity contribution in [3.8, 4) is 12.3 Å². The molecule has 0 spiro atoms. The molecule has 1 amide bonds. The Morgan fingerprint density at radius 2 is 2.09 bits per heavy atom. The van der Waals surface area contributed by atoms with Crippen molar-refractivity contribution in [3.05, 3.63) is 30.1 Å². The van der Waals surface area contributed by atoms with E-state index in [1.807, 2.05) is 24.3 Å². The summed E-state index contributed by atoms with van der Waals surface area (Å²) in [5.74, 6) is 4.03. The van der Waals surface area contributed by atoms with Crippen LogP contribution in [0.15, 0.2) is 24.3 Å². The molecule has 1 aromatic carbocycles. The maximum Gasteiger partial charge on any atom is 0.223 e. The minimum atomic E-state index is 0.198. The van der Waals surface area contributed by atoms with Gasteiger partial charge in [0.1, 0.15) is 5.82 Å². The van der Waals surface area contributed by atoms with Gasteiger partial charge in [0.2, 0.25) is 5.91 Å². The number of rotatable bonds is 5. The molecule has 120 valence electrons. The lowest BCUT2D eigenvalue weighted by Crippen LogP contribution is -2.33. The van der Waals surface area contributed by atoms with E-state index in [4.69, 9.17) is 6.42 Å². The van der Waals surface area contributed by atoms with E-state index in [2.05, 4.69) is 20.8 Å². The van der Waals surface area contributed by atoms with Gasteiger partial charge in [-0.15, -0.1) is 6.42 Å². The van der Waals surface area contributed by atoms with Gasteiger partial charge in [-0.2, -0.15) is 0 Å². The van der Waals surface area contributed by atoms with Crippen molar-refractivity contribution < 1.29 is 4.79 Å². The zero-order valence-corrected chi connectivity index (χ0v) is 13.4. The first-order valence-electron chi connectivity index (χ1n) is 8.45. The van der Waals surface area contributed by atoms with Crippen LogP contribution in [-0.2, 0) is 17.8 Å². The van der Waals surface area contributed by atoms with E-state index in [0.29, 0.717) is 19.5 Å². The number of terminal acetylenes is 1. The fourth-order valence-electron chi connectivity index (χ4n) is 3.39. The topological polar surface area (TPSA) is 46.9 Å². The van der Waals surface area contributed by atoms with Crippen molar-refractivity contribution in [3.63, 3.8) is 0 Å². The Labute approximate surface area is 137 Å². The Morgan fingerprint density at radius 3 is 2.87 bits per heavy atom. The molecule has 0 unspecified atom stereocenters. The van der Waals surface area contributed by atoms with Gasteiger partial charge in [0, 0.05) is 18.9 Å². The summed E-state index contributed by atoms with van der Waals surface area (Å²) in [6.45, 7) is 1.12. The maximum absolute atomic E-state index is 12.2. The predicted octanol–water partition coefficient (Wildman–Crippen LogP) is 2.91. The van der Waals surface area contributed by atoms with E-state index in [1.165, 1.54) is 19.3 Å². The number of carbonyl (C=O) groups excluding carboxylic acids is 1. The van der Waals surface area contributed by atoms with E-state index in [1.54, 1.807) is 0 Å². The summed E-state index contributed by atoms with van der Waals surface area (Å²) in [6, 6.07) is 7.99. The van der Waals surface area contributed by atoms with Gasteiger partial charge >= 0.3 is 0 Å². The minimum absolute atomic E-state index is 0.198. The van der Waals surface area contributed by atoms with Crippen LogP contribution in [0, 0.1) is 18.3 Å². The van der Waals surface area contributed by atoms with Gasteiger partial charge in [0.15, 0.2) is 0 Å². The van der Waals surface area contributed by atoms with Gasteiger partial charge in [0.05, 0.1) is 17.6 Å². The number of nitrogens with zero attached hydrogens (tertiary/aromatic N) is 2. The second-order valence-electron chi connectivity index (χ2n) is 6.18. The fraction of sp³-hybridized carbons (Fsp3) is 0.474. The number of amides is 1. The summed E-state index contributed by atoms with van der Waals surface area (Å²) in [5.41, 5.74) is 2.01. The highest BCUT2D eigenvalue weighted by molar-refractivity contribution is 5.78. The molecule has 1 saturated carbocycles. The van der Waals surface area contributed by atoms with Crippen LogP contribution in [0.2, 0.25) is 0 Å². The lowest BCUT2D eigenvalue weighted by molar-refractivity contribution is -0.125. The standard InChI is InChI=1S/C19H23N3O/c1-2-14-22-17-11-7-6-10-16(17)21-18(22)12-13-20-19(23)15-8-4-3-5-9-15/h1,6-7,10-11,15H,3-5,8-9,12-14H2,(H,20,23). The Hall–Kier alpha value is -2.28. The molecule has 1 fully saturated rings. The van der Waals surface area contributed by atoms with Crippen LogP contribution in [0.1, 0.15) is 37.9 Å². The Kier molecular flexibility index (Phi) is 4.97. The maximum atomic E-state index is 12.2. The Morgan fingerprint density at radius 1 is 1.30 bits per heavy atom. The third-order valence-corrected chi connectivity index (χ3v) is 4.61. The Balaban J connectivity index is 1.63. The van der Waals surface area contributed by atoms with E-state index in [9.17, 15) is 4.79 Å². The summed E-state index contributed by atoms with van der Waals surface area (Å²) in [6.07, 6.45) is 11.9. The number of imidazole rings is 1. The minimum Gasteiger partial charge on any atom is -0.355 e. The first-order valence-corrected chi connectivity index (χ1v) is 8.45. The average Bonchev–Trinajstić information content (AvgIpc) is 2.94. The SMILES string of the molecule is C#CCn1c(CCNC(=O)C2CCCCC2)nc2ccccc21. The zero-order valence-electron chi connectivity index (χ0n) is 13.4. The van der Waals surface area contributed by atoms with Crippen molar-refractivity contribution >= 4 is 16.9 Å². The van der Waals surface area contributed by atoms with Gasteiger partial charge in [-0.1, -0.05) is 37.3 Å². The number of fused-ring (bicyclic) bond motifs is 1. The van der Waals surface area contributed by atoms with Crippen LogP contribution < -0.4 is 5.32 Å². The molecule has 0 aliphatic heterocycles. The molecule has 4 nitrogen and oxygen atoms in total.